The molecule has 0 aliphatic carbocycles. The van der Waals surface area contributed by atoms with Crippen LogP contribution in [0.3, 0.4) is 0 Å². The molecular formula is C10H20N2O. The van der Waals surface area contributed by atoms with Gasteiger partial charge in [-0.05, 0) is 26.3 Å². The van der Waals surface area contributed by atoms with Gasteiger partial charge in [-0.1, -0.05) is 0 Å². The summed E-state index contributed by atoms with van der Waals surface area (Å²) in [7, 11) is 2.22. The second-order valence-electron chi connectivity index (χ2n) is 4.22. The monoisotopic (exact) mass is 184 g/mol. The van der Waals surface area contributed by atoms with Gasteiger partial charge >= 0.3 is 0 Å². The van der Waals surface area contributed by atoms with Crippen LogP contribution in [0.5, 0.6) is 0 Å². The van der Waals surface area contributed by atoms with Crippen molar-refractivity contribution in [2.45, 2.75) is 31.4 Å². The molecule has 0 radical (unpaired) electrons. The van der Waals surface area contributed by atoms with Gasteiger partial charge in [0.15, 0.2) is 0 Å². The molecule has 1 atom stereocenters. The number of nitrogens with zero attached hydrogens (tertiary/aromatic N) is 1. The molecule has 0 bridgehead atoms. The third-order valence-electron chi connectivity index (χ3n) is 3.21. The Balaban J connectivity index is 1.60. The highest BCUT2D eigenvalue weighted by Crippen LogP contribution is 2.16. The molecule has 0 amide bonds. The van der Waals surface area contributed by atoms with Gasteiger partial charge < -0.3 is 15.0 Å². The van der Waals surface area contributed by atoms with Crippen molar-refractivity contribution in [3.8, 4) is 0 Å². The molecule has 2 aliphatic rings. The molecule has 2 heterocycles. The Labute approximate surface area is 80.4 Å². The van der Waals surface area contributed by atoms with Crippen LogP contribution in [0, 0.1) is 0 Å². The molecular weight excluding hydrogens is 164 g/mol. The third-order valence-corrected chi connectivity index (χ3v) is 3.21. The lowest BCUT2D eigenvalue weighted by molar-refractivity contribution is 0.0840. The Kier molecular flexibility index (Phi) is 3.19. The van der Waals surface area contributed by atoms with Crippen molar-refractivity contribution in [2.75, 3.05) is 33.3 Å². The number of likely N-dealkylation sites (N-methyl/N-ethyl adjacent to an activating group) is 1. The van der Waals surface area contributed by atoms with E-state index in [2.05, 4.69) is 17.3 Å². The Morgan fingerprint density at radius 3 is 2.85 bits per heavy atom. The third kappa shape index (κ3) is 2.42. The first-order chi connectivity index (χ1) is 6.36. The zero-order valence-corrected chi connectivity index (χ0v) is 8.46. The van der Waals surface area contributed by atoms with Crippen LogP contribution in [0.15, 0.2) is 0 Å². The van der Waals surface area contributed by atoms with Crippen molar-refractivity contribution in [2.24, 2.45) is 0 Å². The highest BCUT2D eigenvalue weighted by Gasteiger charge is 2.22. The van der Waals surface area contributed by atoms with E-state index in [0.29, 0.717) is 6.10 Å². The second-order valence-corrected chi connectivity index (χ2v) is 4.22. The molecule has 2 rings (SSSR count). The van der Waals surface area contributed by atoms with Crippen LogP contribution < -0.4 is 5.32 Å². The minimum absolute atomic E-state index is 0.551. The van der Waals surface area contributed by atoms with E-state index in [9.17, 15) is 0 Å². The van der Waals surface area contributed by atoms with Gasteiger partial charge in [-0.25, -0.2) is 0 Å². The highest BCUT2D eigenvalue weighted by molar-refractivity contribution is 4.83. The van der Waals surface area contributed by atoms with Crippen LogP contribution in [0.25, 0.3) is 0 Å². The van der Waals surface area contributed by atoms with E-state index in [-0.39, 0.29) is 0 Å². The maximum Gasteiger partial charge on any atom is 0.0588 e. The summed E-state index contributed by atoms with van der Waals surface area (Å²) in [5.74, 6) is 0. The predicted molar refractivity (Wildman–Crippen MR) is 52.9 cm³/mol. The van der Waals surface area contributed by atoms with Gasteiger partial charge in [-0.2, -0.15) is 0 Å². The molecule has 3 nitrogen and oxygen atoms in total. The Morgan fingerprint density at radius 1 is 1.46 bits per heavy atom. The summed E-state index contributed by atoms with van der Waals surface area (Å²) >= 11 is 0. The van der Waals surface area contributed by atoms with E-state index in [4.69, 9.17) is 4.74 Å². The predicted octanol–water partition coefficient (Wildman–Crippen LogP) is 0.459. The van der Waals surface area contributed by atoms with E-state index in [1.807, 2.05) is 0 Å². The smallest absolute Gasteiger partial charge is 0.0588 e. The highest BCUT2D eigenvalue weighted by atomic mass is 16.5. The van der Waals surface area contributed by atoms with Crippen LogP contribution in [0.4, 0.5) is 0 Å². The Hall–Kier alpha value is -0.120. The van der Waals surface area contributed by atoms with Gasteiger partial charge in [-0.3, -0.25) is 0 Å². The second kappa shape index (κ2) is 4.40. The molecule has 2 aliphatic heterocycles. The van der Waals surface area contributed by atoms with E-state index in [0.717, 1.165) is 12.6 Å². The number of hydrogen-bond donors (Lipinski definition) is 1. The fourth-order valence-electron chi connectivity index (χ4n) is 1.99. The summed E-state index contributed by atoms with van der Waals surface area (Å²) in [5, 5.41) is 3.30. The van der Waals surface area contributed by atoms with Gasteiger partial charge in [0.2, 0.25) is 0 Å². The SMILES string of the molecule is CN(CCC1CCCO1)C1CNC1. The zero-order valence-electron chi connectivity index (χ0n) is 8.46. The molecule has 2 saturated heterocycles. The van der Waals surface area contributed by atoms with Crippen molar-refractivity contribution in [1.82, 2.24) is 10.2 Å². The lowest BCUT2D eigenvalue weighted by Crippen LogP contribution is -2.56. The maximum atomic E-state index is 5.59. The Bertz CT molecular complexity index is 153. The molecule has 76 valence electrons. The van der Waals surface area contributed by atoms with Gasteiger partial charge in [0.05, 0.1) is 6.10 Å². The van der Waals surface area contributed by atoms with Crippen molar-refractivity contribution < 1.29 is 4.74 Å². The van der Waals surface area contributed by atoms with Crippen molar-refractivity contribution in [1.29, 1.82) is 0 Å². The van der Waals surface area contributed by atoms with Crippen LogP contribution in [0.2, 0.25) is 0 Å². The lowest BCUT2D eigenvalue weighted by atomic mass is 10.1. The summed E-state index contributed by atoms with van der Waals surface area (Å²) in [6, 6.07) is 0.779. The summed E-state index contributed by atoms with van der Waals surface area (Å²) in [5.41, 5.74) is 0. The van der Waals surface area contributed by atoms with Gasteiger partial charge in [-0.15, -0.1) is 0 Å². The largest absolute Gasteiger partial charge is 0.378 e. The molecule has 2 fully saturated rings. The lowest BCUT2D eigenvalue weighted by Gasteiger charge is -2.36. The van der Waals surface area contributed by atoms with Crippen molar-refractivity contribution >= 4 is 0 Å². The fourth-order valence-corrected chi connectivity index (χ4v) is 1.99. The van der Waals surface area contributed by atoms with Gasteiger partial charge in [0.1, 0.15) is 0 Å². The molecule has 13 heavy (non-hydrogen) atoms. The Morgan fingerprint density at radius 2 is 2.31 bits per heavy atom. The quantitative estimate of drug-likeness (QED) is 0.687. The number of rotatable bonds is 4. The minimum Gasteiger partial charge on any atom is -0.378 e. The maximum absolute atomic E-state index is 5.59. The van der Waals surface area contributed by atoms with Crippen LogP contribution in [-0.4, -0.2) is 50.3 Å². The number of nitrogens with one attached hydrogen (secondary N) is 1. The van der Waals surface area contributed by atoms with Crippen molar-refractivity contribution in [3.05, 3.63) is 0 Å². The standard InChI is InChI=1S/C10H20N2O/c1-12(9-7-11-8-9)5-4-10-3-2-6-13-10/h9-11H,2-8H2,1H3. The molecule has 0 saturated carbocycles. The van der Waals surface area contributed by atoms with E-state index in [1.54, 1.807) is 0 Å². The van der Waals surface area contributed by atoms with E-state index in [1.165, 1.54) is 38.9 Å². The summed E-state index contributed by atoms with van der Waals surface area (Å²) in [6.07, 6.45) is 4.30. The van der Waals surface area contributed by atoms with Gasteiger partial charge in [0, 0.05) is 32.3 Å². The molecule has 0 aromatic carbocycles. The van der Waals surface area contributed by atoms with Crippen LogP contribution >= 0.6 is 0 Å². The topological polar surface area (TPSA) is 24.5 Å². The van der Waals surface area contributed by atoms with Gasteiger partial charge in [0.25, 0.3) is 0 Å². The average molecular weight is 184 g/mol. The summed E-state index contributed by atoms with van der Waals surface area (Å²) in [6.45, 7) is 4.51. The van der Waals surface area contributed by atoms with Crippen molar-refractivity contribution in [3.63, 3.8) is 0 Å². The summed E-state index contributed by atoms with van der Waals surface area (Å²) in [4.78, 5) is 2.46. The molecule has 0 spiro atoms. The first-order valence-electron chi connectivity index (χ1n) is 5.39. The molecule has 3 heteroatoms. The molecule has 0 aromatic heterocycles. The molecule has 1 unspecified atom stereocenters. The molecule has 0 aromatic rings. The number of ether oxygens (including phenoxy) is 1. The van der Waals surface area contributed by atoms with E-state index >= 15 is 0 Å². The minimum atomic E-state index is 0.551. The first kappa shape index (κ1) is 9.44. The first-order valence-corrected chi connectivity index (χ1v) is 5.39. The normalized spacial score (nSPS) is 29.5. The number of hydrogen-bond acceptors (Lipinski definition) is 3. The molecule has 1 N–H and O–H groups in total. The fraction of sp³-hybridized carbons (Fsp3) is 1.00. The van der Waals surface area contributed by atoms with Crippen LogP contribution in [-0.2, 0) is 4.74 Å². The summed E-state index contributed by atoms with van der Waals surface area (Å²) < 4.78 is 5.59. The van der Waals surface area contributed by atoms with E-state index < -0.39 is 0 Å². The van der Waals surface area contributed by atoms with Crippen LogP contribution in [0.1, 0.15) is 19.3 Å². The zero-order chi connectivity index (χ0) is 9.10. The average Bonchev–Trinajstić information content (AvgIpc) is 2.49.